The first-order valence-electron chi connectivity index (χ1n) is 5.16. The molecule has 90 valence electrons. The lowest BCUT2D eigenvalue weighted by Gasteiger charge is -2.19. The Morgan fingerprint density at radius 3 is 2.50 bits per heavy atom. The molecule has 1 aromatic carbocycles. The van der Waals surface area contributed by atoms with Crippen LogP contribution in [0.4, 0.5) is 4.39 Å². The van der Waals surface area contributed by atoms with Crippen molar-refractivity contribution in [2.45, 2.75) is 25.7 Å². The van der Waals surface area contributed by atoms with Crippen molar-refractivity contribution in [2.75, 3.05) is 14.2 Å². The van der Waals surface area contributed by atoms with Crippen LogP contribution in [-0.4, -0.2) is 20.5 Å². The number of ether oxygens (including phenoxy) is 2. The highest BCUT2D eigenvalue weighted by Crippen LogP contribution is 2.22. The Kier molecular flexibility index (Phi) is 4.86. The summed E-state index contributed by atoms with van der Waals surface area (Å²) in [6.07, 6.45) is 0.0165. The van der Waals surface area contributed by atoms with Crippen LogP contribution in [0.3, 0.4) is 0 Å². The molecule has 1 unspecified atom stereocenters. The molecule has 3 nitrogen and oxygen atoms in total. The second-order valence-electron chi connectivity index (χ2n) is 3.72. The third-order valence-electron chi connectivity index (χ3n) is 2.59. The molecule has 1 aromatic rings. The van der Waals surface area contributed by atoms with Crippen molar-refractivity contribution in [1.82, 2.24) is 0 Å². The third kappa shape index (κ3) is 3.01. The van der Waals surface area contributed by atoms with E-state index >= 15 is 0 Å². The lowest BCUT2D eigenvalue weighted by Crippen LogP contribution is -2.22. The molecule has 0 aromatic heterocycles. The van der Waals surface area contributed by atoms with Crippen molar-refractivity contribution < 1.29 is 13.9 Å². The number of rotatable bonds is 5. The van der Waals surface area contributed by atoms with Gasteiger partial charge >= 0.3 is 0 Å². The van der Waals surface area contributed by atoms with Gasteiger partial charge in [-0.15, -0.1) is 0 Å². The number of benzene rings is 1. The van der Waals surface area contributed by atoms with Crippen LogP contribution in [0.25, 0.3) is 0 Å². The third-order valence-corrected chi connectivity index (χ3v) is 2.59. The first kappa shape index (κ1) is 13.1. The summed E-state index contributed by atoms with van der Waals surface area (Å²) in [5.74, 6) is -0.249. The predicted octanol–water partition coefficient (Wildman–Crippen LogP) is 2.14. The largest absolute Gasteiger partial charge is 0.356 e. The van der Waals surface area contributed by atoms with Gasteiger partial charge in [-0.25, -0.2) is 4.39 Å². The zero-order valence-electron chi connectivity index (χ0n) is 9.87. The van der Waals surface area contributed by atoms with Crippen molar-refractivity contribution >= 4 is 0 Å². The van der Waals surface area contributed by atoms with Crippen LogP contribution in [0.1, 0.15) is 23.6 Å². The van der Waals surface area contributed by atoms with E-state index in [-0.39, 0.29) is 5.82 Å². The predicted molar refractivity (Wildman–Crippen MR) is 60.5 cm³/mol. The number of aryl methyl sites for hydroxylation is 1. The fourth-order valence-corrected chi connectivity index (χ4v) is 1.58. The molecule has 4 heteroatoms. The lowest BCUT2D eigenvalue weighted by atomic mass is 10.0. The lowest BCUT2D eigenvalue weighted by molar-refractivity contribution is -0.109. The highest BCUT2D eigenvalue weighted by Gasteiger charge is 2.17. The van der Waals surface area contributed by atoms with Crippen LogP contribution in [0.2, 0.25) is 0 Å². The molecule has 1 rings (SSSR count). The van der Waals surface area contributed by atoms with Gasteiger partial charge in [0.1, 0.15) is 5.82 Å². The van der Waals surface area contributed by atoms with Crippen LogP contribution < -0.4 is 5.73 Å². The molecule has 0 radical (unpaired) electrons. The van der Waals surface area contributed by atoms with E-state index in [9.17, 15) is 4.39 Å². The standard InChI is InChI=1S/C12H18FNO2/c1-8-5-4-6-9(12(8)13)10(14)7-11(15-2)16-3/h4-6,10-11H,7,14H2,1-3H3. The Balaban J connectivity index is 2.80. The summed E-state index contributed by atoms with van der Waals surface area (Å²) in [5.41, 5.74) is 7.01. The maximum absolute atomic E-state index is 13.7. The summed E-state index contributed by atoms with van der Waals surface area (Å²) in [6.45, 7) is 1.72. The number of methoxy groups -OCH3 is 2. The van der Waals surface area contributed by atoms with E-state index in [1.807, 2.05) is 0 Å². The summed E-state index contributed by atoms with van der Waals surface area (Å²) in [4.78, 5) is 0. The summed E-state index contributed by atoms with van der Waals surface area (Å²) in [5, 5.41) is 0. The Hall–Kier alpha value is -0.970. The molecule has 0 aliphatic carbocycles. The summed E-state index contributed by atoms with van der Waals surface area (Å²) >= 11 is 0. The molecule has 0 aliphatic heterocycles. The van der Waals surface area contributed by atoms with Crippen molar-refractivity contribution in [2.24, 2.45) is 5.73 Å². The number of hydrogen-bond acceptors (Lipinski definition) is 3. The van der Waals surface area contributed by atoms with Gasteiger partial charge in [0.05, 0.1) is 0 Å². The second kappa shape index (κ2) is 5.94. The number of hydrogen-bond donors (Lipinski definition) is 1. The smallest absolute Gasteiger partial charge is 0.158 e. The highest BCUT2D eigenvalue weighted by atomic mass is 19.1. The molecule has 1 atom stereocenters. The zero-order valence-corrected chi connectivity index (χ0v) is 9.87. The van der Waals surface area contributed by atoms with Crippen LogP contribution in [0, 0.1) is 12.7 Å². The molecule has 0 aliphatic rings. The van der Waals surface area contributed by atoms with Gasteiger partial charge in [-0.2, -0.15) is 0 Å². The molecule has 0 heterocycles. The summed E-state index contributed by atoms with van der Waals surface area (Å²) in [6, 6.07) is 4.78. The average Bonchev–Trinajstić information content (AvgIpc) is 2.29. The molecule has 0 bridgehead atoms. The first-order valence-corrected chi connectivity index (χ1v) is 5.16. The minimum atomic E-state index is -0.426. The van der Waals surface area contributed by atoms with E-state index in [1.165, 1.54) is 14.2 Å². The van der Waals surface area contributed by atoms with Crippen molar-refractivity contribution in [1.29, 1.82) is 0 Å². The Morgan fingerprint density at radius 2 is 1.94 bits per heavy atom. The monoisotopic (exact) mass is 227 g/mol. The van der Waals surface area contributed by atoms with Gasteiger partial charge in [-0.3, -0.25) is 0 Å². The maximum atomic E-state index is 13.7. The van der Waals surface area contributed by atoms with Crippen LogP contribution in [0.5, 0.6) is 0 Å². The van der Waals surface area contributed by atoms with Gasteiger partial charge in [-0.05, 0) is 12.5 Å². The SMILES string of the molecule is COC(CC(N)c1cccc(C)c1F)OC. The van der Waals surface area contributed by atoms with Crippen LogP contribution in [0.15, 0.2) is 18.2 Å². The van der Waals surface area contributed by atoms with Crippen molar-refractivity contribution in [3.63, 3.8) is 0 Å². The average molecular weight is 227 g/mol. The molecule has 0 saturated heterocycles. The molecule has 16 heavy (non-hydrogen) atoms. The quantitative estimate of drug-likeness (QED) is 0.784. The van der Waals surface area contributed by atoms with E-state index in [2.05, 4.69) is 0 Å². The normalized spacial score (nSPS) is 13.1. The fourth-order valence-electron chi connectivity index (χ4n) is 1.58. The molecule has 2 N–H and O–H groups in total. The minimum Gasteiger partial charge on any atom is -0.356 e. The van der Waals surface area contributed by atoms with Gasteiger partial charge in [-0.1, -0.05) is 18.2 Å². The van der Waals surface area contributed by atoms with E-state index in [4.69, 9.17) is 15.2 Å². The van der Waals surface area contributed by atoms with E-state index in [0.717, 1.165) is 0 Å². The fraction of sp³-hybridized carbons (Fsp3) is 0.500. The van der Waals surface area contributed by atoms with E-state index in [0.29, 0.717) is 17.5 Å². The van der Waals surface area contributed by atoms with Gasteiger partial charge in [0, 0.05) is 32.2 Å². The van der Waals surface area contributed by atoms with Crippen molar-refractivity contribution in [3.05, 3.63) is 35.1 Å². The Labute approximate surface area is 95.4 Å². The highest BCUT2D eigenvalue weighted by molar-refractivity contribution is 5.27. The molecular weight excluding hydrogens is 209 g/mol. The van der Waals surface area contributed by atoms with Gasteiger partial charge in [0.25, 0.3) is 0 Å². The van der Waals surface area contributed by atoms with Gasteiger partial charge < -0.3 is 15.2 Å². The van der Waals surface area contributed by atoms with Crippen LogP contribution >= 0.6 is 0 Å². The van der Waals surface area contributed by atoms with E-state index < -0.39 is 12.3 Å². The summed E-state index contributed by atoms with van der Waals surface area (Å²) < 4.78 is 23.8. The molecule has 0 fully saturated rings. The molecule has 0 amide bonds. The van der Waals surface area contributed by atoms with Gasteiger partial charge in [0.15, 0.2) is 6.29 Å². The molecule has 0 saturated carbocycles. The minimum absolute atomic E-state index is 0.249. The zero-order chi connectivity index (χ0) is 12.1. The molecular formula is C12H18FNO2. The van der Waals surface area contributed by atoms with Crippen LogP contribution in [-0.2, 0) is 9.47 Å². The maximum Gasteiger partial charge on any atom is 0.158 e. The Morgan fingerprint density at radius 1 is 1.31 bits per heavy atom. The summed E-state index contributed by atoms with van der Waals surface area (Å²) in [7, 11) is 3.07. The second-order valence-corrected chi connectivity index (χ2v) is 3.72. The molecule has 0 spiro atoms. The van der Waals surface area contributed by atoms with Gasteiger partial charge in [0.2, 0.25) is 0 Å². The van der Waals surface area contributed by atoms with E-state index in [1.54, 1.807) is 25.1 Å². The van der Waals surface area contributed by atoms with Crippen molar-refractivity contribution in [3.8, 4) is 0 Å². The number of halogens is 1. The topological polar surface area (TPSA) is 44.5 Å². The Bertz CT molecular complexity index is 340. The number of nitrogens with two attached hydrogens (primary N) is 1. The first-order chi connectivity index (χ1) is 7.60.